The van der Waals surface area contributed by atoms with Crippen molar-refractivity contribution in [2.75, 3.05) is 54.1 Å². The van der Waals surface area contributed by atoms with Crippen molar-refractivity contribution >= 4 is 13.8 Å². The van der Waals surface area contributed by atoms with Crippen LogP contribution in [0.3, 0.4) is 0 Å². The van der Waals surface area contributed by atoms with Gasteiger partial charge in [-0.05, 0) is 103 Å². The van der Waals surface area contributed by atoms with Gasteiger partial charge in [0.25, 0.3) is 7.82 Å². The van der Waals surface area contributed by atoms with Crippen LogP contribution in [0.4, 0.5) is 0 Å². The number of rotatable bonds is 42. The molecule has 0 bridgehead atoms. The summed E-state index contributed by atoms with van der Waals surface area (Å²) in [5.41, 5.74) is 0. The predicted molar refractivity (Wildman–Crippen MR) is 267 cm³/mol. The third-order valence-electron chi connectivity index (χ3n) is 9.20. The summed E-state index contributed by atoms with van der Waals surface area (Å²) in [6, 6.07) is 0. The number of unbranched alkanes of at least 4 members (excludes halogenated alkanes) is 6. The molecule has 0 radical (unpaired) electrons. The first kappa shape index (κ1) is 59.6. The van der Waals surface area contributed by atoms with Crippen molar-refractivity contribution in [2.24, 2.45) is 0 Å². The highest BCUT2D eigenvalue weighted by atomic mass is 31.2. The minimum absolute atomic E-state index is 0.00240. The van der Waals surface area contributed by atoms with Crippen molar-refractivity contribution in [1.29, 1.82) is 0 Å². The number of ether oxygens (including phenoxy) is 2. The predicted octanol–water partition coefficient (Wildman–Crippen LogP) is 14.1. The van der Waals surface area contributed by atoms with Crippen LogP contribution in [-0.2, 0) is 27.9 Å². The monoisotopic (exact) mass is 894 g/mol. The first-order valence-corrected chi connectivity index (χ1v) is 25.4. The minimum Gasteiger partial charge on any atom is -0.756 e. The summed E-state index contributed by atoms with van der Waals surface area (Å²) in [6.07, 6.45) is 66.3. The van der Waals surface area contributed by atoms with E-state index in [0.717, 1.165) is 116 Å². The van der Waals surface area contributed by atoms with Gasteiger partial charge in [-0.1, -0.05) is 167 Å². The lowest BCUT2D eigenvalue weighted by atomic mass is 10.1. The highest BCUT2D eigenvalue weighted by molar-refractivity contribution is 7.45. The van der Waals surface area contributed by atoms with Gasteiger partial charge in [-0.3, -0.25) is 9.36 Å². The van der Waals surface area contributed by atoms with E-state index < -0.39 is 19.9 Å². The van der Waals surface area contributed by atoms with Gasteiger partial charge < -0.3 is 27.9 Å². The minimum atomic E-state index is -4.56. The standard InChI is InChI=1S/C54H88NO7P/c1-6-8-10-12-14-16-18-20-22-24-25-26-27-28-29-30-32-34-36-38-40-42-44-46-49-59-51-53(52-61-63(57,58)60-50-48-55(3,4)5)62-54(56)47-45-43-41-39-37-35-33-31-23-21-19-17-15-13-11-9-7-2/h8-11,14-17,20-23,25-26,28-29,32-35,39,41,53H,6-7,12-13,18-19,24,27,30-31,36-38,40,42-52H2,1-5H3/b10-8-,11-9-,16-14-,17-15-,22-20-,23-21-,26-25-,29-28-,34-32-,35-33-,41-39-. The third kappa shape index (κ3) is 49.5. The number of hydrogen-bond donors (Lipinski definition) is 0. The Morgan fingerprint density at radius 2 is 0.873 bits per heavy atom. The first-order valence-electron chi connectivity index (χ1n) is 23.9. The van der Waals surface area contributed by atoms with E-state index in [1.807, 2.05) is 21.1 Å². The van der Waals surface area contributed by atoms with Gasteiger partial charge in [0.15, 0.2) is 0 Å². The molecule has 63 heavy (non-hydrogen) atoms. The molecule has 0 N–H and O–H groups in total. The lowest BCUT2D eigenvalue weighted by Gasteiger charge is -2.28. The second kappa shape index (κ2) is 45.2. The summed E-state index contributed by atoms with van der Waals surface area (Å²) in [4.78, 5) is 25.1. The molecule has 2 atom stereocenters. The molecule has 0 fully saturated rings. The summed E-state index contributed by atoms with van der Waals surface area (Å²) in [6.45, 7) is 5.01. The number of phosphoric acid groups is 1. The zero-order chi connectivity index (χ0) is 46.2. The SMILES string of the molecule is CC/C=C\C/C=C\C/C=C\C/C=C\C/C=C\C/C=C\CCCCCCCOCC(COP(=O)([O-])OCC[N+](C)(C)C)OC(=O)CCC/C=C\C/C=C\C/C=C\C/C=C\C/C=C\CC. The molecule has 0 spiro atoms. The second-order valence-electron chi connectivity index (χ2n) is 16.3. The van der Waals surface area contributed by atoms with Crippen molar-refractivity contribution in [3.05, 3.63) is 134 Å². The molecule has 0 rings (SSSR count). The van der Waals surface area contributed by atoms with Gasteiger partial charge >= 0.3 is 5.97 Å². The maximum absolute atomic E-state index is 12.7. The molecule has 0 aromatic heterocycles. The first-order chi connectivity index (χ1) is 30.6. The van der Waals surface area contributed by atoms with E-state index in [9.17, 15) is 14.3 Å². The Kier molecular flexibility index (Phi) is 42.8. The van der Waals surface area contributed by atoms with E-state index in [4.69, 9.17) is 18.5 Å². The molecule has 2 unspecified atom stereocenters. The number of carbonyl (C=O) groups excluding carboxylic acids is 1. The van der Waals surface area contributed by atoms with Crippen molar-refractivity contribution in [3.63, 3.8) is 0 Å². The zero-order valence-corrected chi connectivity index (χ0v) is 41.1. The number of phosphoric ester groups is 1. The fraction of sp³-hybridized carbons (Fsp3) is 0.574. The molecular weight excluding hydrogens is 806 g/mol. The number of hydrogen-bond acceptors (Lipinski definition) is 7. The summed E-state index contributed by atoms with van der Waals surface area (Å²) in [5, 5.41) is 0. The van der Waals surface area contributed by atoms with Crippen molar-refractivity contribution < 1.29 is 37.3 Å². The molecule has 0 amide bonds. The molecule has 0 saturated heterocycles. The number of carbonyl (C=O) groups is 1. The van der Waals surface area contributed by atoms with Crippen molar-refractivity contribution in [2.45, 2.75) is 148 Å². The molecule has 0 aliphatic carbocycles. The fourth-order valence-corrected chi connectivity index (χ4v) is 6.31. The number of quaternary nitrogens is 1. The Morgan fingerprint density at radius 1 is 0.492 bits per heavy atom. The largest absolute Gasteiger partial charge is 0.756 e. The highest BCUT2D eigenvalue weighted by Gasteiger charge is 2.20. The van der Waals surface area contributed by atoms with Gasteiger partial charge in [-0.15, -0.1) is 0 Å². The number of nitrogens with zero attached hydrogens (tertiary/aromatic N) is 1. The molecular formula is C54H88NO7P. The van der Waals surface area contributed by atoms with Crippen LogP contribution >= 0.6 is 7.82 Å². The summed E-state index contributed by atoms with van der Waals surface area (Å²) in [7, 11) is 1.28. The average Bonchev–Trinajstić information content (AvgIpc) is 3.24. The van der Waals surface area contributed by atoms with Crippen LogP contribution in [0, 0.1) is 0 Å². The number of esters is 1. The molecule has 0 aliphatic rings. The molecule has 0 aliphatic heterocycles. The highest BCUT2D eigenvalue weighted by Crippen LogP contribution is 2.38. The van der Waals surface area contributed by atoms with E-state index in [2.05, 4.69) is 148 Å². The molecule has 0 saturated carbocycles. The van der Waals surface area contributed by atoms with Gasteiger partial charge in [0.1, 0.15) is 19.3 Å². The van der Waals surface area contributed by atoms with Crippen LogP contribution < -0.4 is 4.89 Å². The van der Waals surface area contributed by atoms with Crippen LogP contribution in [0.25, 0.3) is 0 Å². The Labute approximate surface area is 385 Å². The summed E-state index contributed by atoms with van der Waals surface area (Å²) < 4.78 is 34.6. The van der Waals surface area contributed by atoms with E-state index in [-0.39, 0.29) is 26.2 Å². The van der Waals surface area contributed by atoms with Gasteiger partial charge in [0.05, 0.1) is 34.4 Å². The Morgan fingerprint density at radius 3 is 1.30 bits per heavy atom. The quantitative estimate of drug-likeness (QED) is 0.0198. The van der Waals surface area contributed by atoms with Crippen LogP contribution in [0.1, 0.15) is 142 Å². The Hall–Kier alpha value is -3.36. The number of allylic oxidation sites excluding steroid dienone is 22. The van der Waals surface area contributed by atoms with Gasteiger partial charge in [0.2, 0.25) is 0 Å². The lowest BCUT2D eigenvalue weighted by Crippen LogP contribution is -2.37. The van der Waals surface area contributed by atoms with Crippen LogP contribution in [-0.4, -0.2) is 70.7 Å². The van der Waals surface area contributed by atoms with Gasteiger partial charge in [-0.2, -0.15) is 0 Å². The molecule has 0 heterocycles. The smallest absolute Gasteiger partial charge is 0.306 e. The Bertz CT molecular complexity index is 1460. The molecule has 356 valence electrons. The lowest BCUT2D eigenvalue weighted by molar-refractivity contribution is -0.870. The molecule has 9 heteroatoms. The fourth-order valence-electron chi connectivity index (χ4n) is 5.58. The van der Waals surface area contributed by atoms with E-state index in [1.165, 1.54) is 0 Å². The molecule has 0 aromatic rings. The summed E-state index contributed by atoms with van der Waals surface area (Å²) >= 11 is 0. The van der Waals surface area contributed by atoms with Crippen LogP contribution in [0.5, 0.6) is 0 Å². The van der Waals surface area contributed by atoms with Crippen LogP contribution in [0.15, 0.2) is 134 Å². The Balaban J connectivity index is 4.35. The van der Waals surface area contributed by atoms with E-state index >= 15 is 0 Å². The average molecular weight is 894 g/mol. The number of likely N-dealkylation sites (N-methyl/N-ethyl adjacent to an activating group) is 1. The maximum atomic E-state index is 12.7. The molecule has 8 nitrogen and oxygen atoms in total. The van der Waals surface area contributed by atoms with Gasteiger partial charge in [0, 0.05) is 13.0 Å². The van der Waals surface area contributed by atoms with E-state index in [1.54, 1.807) is 0 Å². The van der Waals surface area contributed by atoms with E-state index in [0.29, 0.717) is 24.1 Å². The van der Waals surface area contributed by atoms with Crippen molar-refractivity contribution in [3.8, 4) is 0 Å². The maximum Gasteiger partial charge on any atom is 0.306 e. The topological polar surface area (TPSA) is 94.1 Å². The van der Waals surface area contributed by atoms with Crippen LogP contribution in [0.2, 0.25) is 0 Å². The zero-order valence-electron chi connectivity index (χ0n) is 40.2. The summed E-state index contributed by atoms with van der Waals surface area (Å²) in [5.74, 6) is -0.404. The third-order valence-corrected chi connectivity index (χ3v) is 10.2. The van der Waals surface area contributed by atoms with Gasteiger partial charge in [-0.25, -0.2) is 0 Å². The second-order valence-corrected chi connectivity index (χ2v) is 17.8. The normalized spacial score (nSPS) is 14.8. The molecule has 0 aromatic carbocycles. The van der Waals surface area contributed by atoms with Crippen molar-refractivity contribution in [1.82, 2.24) is 0 Å².